The van der Waals surface area contributed by atoms with Gasteiger partial charge >= 0.3 is 0 Å². The SMILES string of the molecule is c1ccc2cc(-c3nc(-c4ccc5ccccc5c4)nc(-c4ccc5c(c4)oc4c(-c6cccc7ccccc67)c6ccccc6cc45)n3)ccc2c1. The van der Waals surface area contributed by atoms with Crippen LogP contribution in [-0.2, 0) is 0 Å². The Morgan fingerprint density at radius 3 is 1.49 bits per heavy atom. The van der Waals surface area contributed by atoms with E-state index in [9.17, 15) is 0 Å². The number of rotatable bonds is 4. The van der Waals surface area contributed by atoms with Gasteiger partial charge in [0.1, 0.15) is 11.2 Å². The molecule has 0 aliphatic rings. The average Bonchev–Trinajstić information content (AvgIpc) is 3.59. The predicted octanol–water partition coefficient (Wildman–Crippen LogP) is 13.1. The molecule has 0 saturated carbocycles. The summed E-state index contributed by atoms with van der Waals surface area (Å²) in [6.45, 7) is 0. The van der Waals surface area contributed by atoms with Gasteiger partial charge in [-0.05, 0) is 79.0 Å². The van der Waals surface area contributed by atoms with Gasteiger partial charge in [-0.1, -0.05) is 146 Å². The molecule has 4 nitrogen and oxygen atoms in total. The molecule has 11 rings (SSSR count). The Hall–Kier alpha value is -7.17. The Bertz CT molecular complexity index is 3150. The molecule has 246 valence electrons. The summed E-state index contributed by atoms with van der Waals surface area (Å²) in [5.41, 5.74) is 6.65. The monoisotopic (exact) mass is 675 g/mol. The number of hydrogen-bond donors (Lipinski definition) is 0. The minimum atomic E-state index is 0.591. The van der Waals surface area contributed by atoms with E-state index in [1.54, 1.807) is 0 Å². The van der Waals surface area contributed by atoms with Gasteiger partial charge in [0.2, 0.25) is 0 Å². The fourth-order valence-corrected chi connectivity index (χ4v) is 7.84. The second-order valence-corrected chi connectivity index (χ2v) is 13.6. The first-order valence-corrected chi connectivity index (χ1v) is 17.8. The highest BCUT2D eigenvalue weighted by molar-refractivity contribution is 6.21. The van der Waals surface area contributed by atoms with Crippen LogP contribution in [0.25, 0.3) is 110 Å². The van der Waals surface area contributed by atoms with Crippen molar-refractivity contribution in [2.75, 3.05) is 0 Å². The van der Waals surface area contributed by atoms with E-state index < -0.39 is 0 Å². The number of furan rings is 1. The van der Waals surface area contributed by atoms with Crippen molar-refractivity contribution in [2.24, 2.45) is 0 Å². The standard InChI is InChI=1S/C49H29N3O/c1-3-13-33-26-36(22-20-30(33)10-1)47-50-48(37-23-21-31-11-2-4-14-34(31)27-37)52-49(51-47)38-24-25-41-43-28-35-15-6-8-18-40(35)45(46(43)53-44(41)29-38)42-19-9-16-32-12-5-7-17-39(32)42/h1-29H. The first kappa shape index (κ1) is 29.5. The molecule has 0 aliphatic heterocycles. The minimum absolute atomic E-state index is 0.591. The Kier molecular flexibility index (Phi) is 6.52. The van der Waals surface area contributed by atoms with E-state index in [4.69, 9.17) is 19.4 Å². The van der Waals surface area contributed by atoms with Crippen LogP contribution in [0.15, 0.2) is 180 Å². The van der Waals surface area contributed by atoms with E-state index in [0.29, 0.717) is 17.5 Å². The Morgan fingerprint density at radius 2 is 0.830 bits per heavy atom. The first-order valence-electron chi connectivity index (χ1n) is 17.8. The topological polar surface area (TPSA) is 51.8 Å². The van der Waals surface area contributed by atoms with Gasteiger partial charge in [-0.3, -0.25) is 0 Å². The van der Waals surface area contributed by atoms with Crippen LogP contribution in [0.3, 0.4) is 0 Å². The van der Waals surface area contributed by atoms with E-state index in [0.717, 1.165) is 65.9 Å². The summed E-state index contributed by atoms with van der Waals surface area (Å²) in [6, 6.07) is 61.7. The van der Waals surface area contributed by atoms with Gasteiger partial charge in [0, 0.05) is 33.0 Å². The Balaban J connectivity index is 1.13. The molecular weight excluding hydrogens is 647 g/mol. The predicted molar refractivity (Wildman–Crippen MR) is 219 cm³/mol. The number of aromatic nitrogens is 3. The van der Waals surface area contributed by atoms with Crippen molar-refractivity contribution in [2.45, 2.75) is 0 Å². The van der Waals surface area contributed by atoms with Crippen molar-refractivity contribution >= 4 is 65.0 Å². The van der Waals surface area contributed by atoms with E-state index in [2.05, 4.69) is 176 Å². The van der Waals surface area contributed by atoms with Crippen LogP contribution < -0.4 is 0 Å². The quantitative estimate of drug-likeness (QED) is 0.186. The molecule has 4 heteroatoms. The van der Waals surface area contributed by atoms with Crippen molar-refractivity contribution in [3.8, 4) is 45.3 Å². The molecule has 0 saturated heterocycles. The fraction of sp³-hybridized carbons (Fsp3) is 0. The van der Waals surface area contributed by atoms with Gasteiger partial charge in [-0.2, -0.15) is 0 Å². The molecular formula is C49H29N3O. The lowest BCUT2D eigenvalue weighted by molar-refractivity contribution is 0.670. The van der Waals surface area contributed by atoms with Crippen molar-refractivity contribution in [3.63, 3.8) is 0 Å². The van der Waals surface area contributed by atoms with E-state index in [1.807, 2.05) is 0 Å². The Labute approximate surface area is 304 Å². The average molecular weight is 676 g/mol. The van der Waals surface area contributed by atoms with Gasteiger partial charge < -0.3 is 4.42 Å². The van der Waals surface area contributed by atoms with Crippen molar-refractivity contribution in [3.05, 3.63) is 176 Å². The van der Waals surface area contributed by atoms with E-state index in [-0.39, 0.29) is 0 Å². The van der Waals surface area contributed by atoms with Crippen LogP contribution in [0.4, 0.5) is 0 Å². The fourth-order valence-electron chi connectivity index (χ4n) is 7.84. The number of nitrogens with zero attached hydrogens (tertiary/aromatic N) is 3. The summed E-state index contributed by atoms with van der Waals surface area (Å²) < 4.78 is 6.91. The zero-order chi connectivity index (χ0) is 34.9. The third-order valence-electron chi connectivity index (χ3n) is 10.5. The Morgan fingerprint density at radius 1 is 0.321 bits per heavy atom. The van der Waals surface area contributed by atoms with Gasteiger partial charge in [-0.15, -0.1) is 0 Å². The first-order chi connectivity index (χ1) is 26.2. The van der Waals surface area contributed by atoms with Gasteiger partial charge in [0.15, 0.2) is 17.5 Å². The third-order valence-corrected chi connectivity index (χ3v) is 10.5. The maximum Gasteiger partial charge on any atom is 0.164 e. The highest BCUT2D eigenvalue weighted by Crippen LogP contribution is 2.44. The number of benzene rings is 9. The molecule has 0 fully saturated rings. The summed E-state index contributed by atoms with van der Waals surface area (Å²) >= 11 is 0. The normalized spacial score (nSPS) is 11.8. The van der Waals surface area contributed by atoms with Crippen LogP contribution in [0.1, 0.15) is 0 Å². The second kappa shape index (κ2) is 11.7. The second-order valence-electron chi connectivity index (χ2n) is 13.6. The summed E-state index contributed by atoms with van der Waals surface area (Å²) in [4.78, 5) is 15.3. The lowest BCUT2D eigenvalue weighted by Gasteiger charge is -2.11. The number of fused-ring (bicyclic) bond motifs is 7. The molecule has 2 heterocycles. The molecule has 11 aromatic rings. The molecule has 0 N–H and O–H groups in total. The van der Waals surface area contributed by atoms with Crippen LogP contribution in [0.5, 0.6) is 0 Å². The molecule has 9 aromatic carbocycles. The molecule has 53 heavy (non-hydrogen) atoms. The minimum Gasteiger partial charge on any atom is -0.455 e. The van der Waals surface area contributed by atoms with Gasteiger partial charge in [0.05, 0.1) is 0 Å². The summed E-state index contributed by atoms with van der Waals surface area (Å²) in [6.07, 6.45) is 0. The molecule has 0 radical (unpaired) electrons. The highest BCUT2D eigenvalue weighted by Gasteiger charge is 2.20. The maximum absolute atomic E-state index is 6.91. The molecule has 0 atom stereocenters. The highest BCUT2D eigenvalue weighted by atomic mass is 16.3. The van der Waals surface area contributed by atoms with Gasteiger partial charge in [-0.25, -0.2) is 15.0 Å². The lowest BCUT2D eigenvalue weighted by atomic mass is 9.92. The summed E-state index contributed by atoms with van der Waals surface area (Å²) in [5, 5.41) is 11.5. The number of hydrogen-bond acceptors (Lipinski definition) is 4. The van der Waals surface area contributed by atoms with Crippen LogP contribution in [0, 0.1) is 0 Å². The van der Waals surface area contributed by atoms with Crippen LogP contribution in [-0.4, -0.2) is 15.0 Å². The molecule has 2 aromatic heterocycles. The van der Waals surface area contributed by atoms with E-state index >= 15 is 0 Å². The largest absolute Gasteiger partial charge is 0.455 e. The maximum atomic E-state index is 6.91. The molecule has 0 spiro atoms. The van der Waals surface area contributed by atoms with Crippen LogP contribution in [0.2, 0.25) is 0 Å². The zero-order valence-electron chi connectivity index (χ0n) is 28.5. The molecule has 0 unspecified atom stereocenters. The third kappa shape index (κ3) is 4.88. The lowest BCUT2D eigenvalue weighted by Crippen LogP contribution is -2.00. The van der Waals surface area contributed by atoms with Crippen molar-refractivity contribution < 1.29 is 4.42 Å². The molecule has 0 bridgehead atoms. The zero-order valence-corrected chi connectivity index (χ0v) is 28.5. The van der Waals surface area contributed by atoms with Gasteiger partial charge in [0.25, 0.3) is 0 Å². The summed E-state index contributed by atoms with van der Waals surface area (Å²) in [5.74, 6) is 1.84. The smallest absolute Gasteiger partial charge is 0.164 e. The van der Waals surface area contributed by atoms with E-state index in [1.165, 1.54) is 26.9 Å². The van der Waals surface area contributed by atoms with Crippen molar-refractivity contribution in [1.29, 1.82) is 0 Å². The van der Waals surface area contributed by atoms with Crippen molar-refractivity contribution in [1.82, 2.24) is 15.0 Å². The summed E-state index contributed by atoms with van der Waals surface area (Å²) in [7, 11) is 0. The molecule has 0 aliphatic carbocycles. The van der Waals surface area contributed by atoms with Crippen LogP contribution >= 0.6 is 0 Å². The molecule has 0 amide bonds.